The van der Waals surface area contributed by atoms with E-state index >= 15 is 0 Å². The van der Waals surface area contributed by atoms with Gasteiger partial charge in [-0.05, 0) is 31.0 Å². The highest BCUT2D eigenvalue weighted by Gasteiger charge is 2.32. The Morgan fingerprint density at radius 2 is 2.00 bits per heavy atom. The highest BCUT2D eigenvalue weighted by Crippen LogP contribution is 2.26. The predicted octanol–water partition coefficient (Wildman–Crippen LogP) is 2.08. The van der Waals surface area contributed by atoms with Gasteiger partial charge in [0.2, 0.25) is 11.8 Å². The van der Waals surface area contributed by atoms with Gasteiger partial charge in [-0.25, -0.2) is 0 Å². The van der Waals surface area contributed by atoms with Crippen LogP contribution in [-0.2, 0) is 9.59 Å². The molecule has 0 N–H and O–H groups in total. The Morgan fingerprint density at radius 3 is 2.55 bits per heavy atom. The van der Waals surface area contributed by atoms with Gasteiger partial charge in [-0.1, -0.05) is 12.1 Å². The molecule has 0 radical (unpaired) electrons. The fraction of sp³-hybridized carbons (Fsp3) is 0.529. The first-order chi connectivity index (χ1) is 10.4. The number of methoxy groups -OCH3 is 1. The molecule has 120 valence electrons. The van der Waals surface area contributed by atoms with Gasteiger partial charge in [0, 0.05) is 33.0 Å². The van der Waals surface area contributed by atoms with Crippen LogP contribution in [0.25, 0.3) is 0 Å². The SMILES string of the molecule is COc1ccc([C@H](C)N(C)C(=O)[C@@H]2CCN(C)C(=O)C2)cc1. The first-order valence-electron chi connectivity index (χ1n) is 7.58. The fourth-order valence-electron chi connectivity index (χ4n) is 2.74. The number of carbonyl (C=O) groups is 2. The van der Waals surface area contributed by atoms with Gasteiger partial charge in [-0.2, -0.15) is 0 Å². The lowest BCUT2D eigenvalue weighted by Crippen LogP contribution is -2.43. The normalized spacial score (nSPS) is 19.7. The van der Waals surface area contributed by atoms with Gasteiger partial charge in [0.25, 0.3) is 0 Å². The molecule has 1 saturated heterocycles. The van der Waals surface area contributed by atoms with Crippen molar-refractivity contribution in [2.24, 2.45) is 5.92 Å². The molecule has 0 aromatic heterocycles. The van der Waals surface area contributed by atoms with Gasteiger partial charge in [0.05, 0.1) is 13.2 Å². The summed E-state index contributed by atoms with van der Waals surface area (Å²) in [6, 6.07) is 7.68. The molecule has 0 aliphatic carbocycles. The lowest BCUT2D eigenvalue weighted by molar-refractivity contribution is -0.144. The molecule has 0 spiro atoms. The molecule has 2 rings (SSSR count). The van der Waals surface area contributed by atoms with Crippen LogP contribution < -0.4 is 4.74 Å². The quantitative estimate of drug-likeness (QED) is 0.856. The van der Waals surface area contributed by atoms with Gasteiger partial charge in [0.15, 0.2) is 0 Å². The molecular formula is C17H24N2O3. The van der Waals surface area contributed by atoms with Crippen molar-refractivity contribution >= 4 is 11.8 Å². The molecule has 1 aromatic carbocycles. The maximum absolute atomic E-state index is 12.6. The third kappa shape index (κ3) is 3.40. The van der Waals surface area contributed by atoms with E-state index in [1.54, 1.807) is 31.0 Å². The largest absolute Gasteiger partial charge is 0.497 e. The number of piperidine rings is 1. The number of amides is 2. The molecule has 1 fully saturated rings. The standard InChI is InChI=1S/C17H24N2O3/c1-12(13-5-7-15(22-4)8-6-13)19(3)17(21)14-9-10-18(2)16(20)11-14/h5-8,12,14H,9-11H2,1-4H3/t12-,14+/m0/s1. The summed E-state index contributed by atoms with van der Waals surface area (Å²) in [6.07, 6.45) is 1.05. The number of benzene rings is 1. The van der Waals surface area contributed by atoms with Gasteiger partial charge in [0.1, 0.15) is 5.75 Å². The first kappa shape index (κ1) is 16.3. The van der Waals surface area contributed by atoms with E-state index in [4.69, 9.17) is 4.74 Å². The fourth-order valence-corrected chi connectivity index (χ4v) is 2.74. The van der Waals surface area contributed by atoms with Crippen molar-refractivity contribution < 1.29 is 14.3 Å². The summed E-state index contributed by atoms with van der Waals surface area (Å²) in [5, 5.41) is 0. The van der Waals surface area contributed by atoms with E-state index in [1.165, 1.54) is 0 Å². The van der Waals surface area contributed by atoms with E-state index in [1.807, 2.05) is 31.2 Å². The number of hydrogen-bond acceptors (Lipinski definition) is 3. The zero-order valence-electron chi connectivity index (χ0n) is 13.7. The Kier molecular flexibility index (Phi) is 5.06. The average molecular weight is 304 g/mol. The molecule has 0 unspecified atom stereocenters. The maximum Gasteiger partial charge on any atom is 0.226 e. The van der Waals surface area contributed by atoms with Crippen molar-refractivity contribution in [3.8, 4) is 5.75 Å². The average Bonchev–Trinajstić information content (AvgIpc) is 2.55. The highest BCUT2D eigenvalue weighted by molar-refractivity contribution is 5.87. The van der Waals surface area contributed by atoms with Crippen LogP contribution in [0.15, 0.2) is 24.3 Å². The van der Waals surface area contributed by atoms with Gasteiger partial charge < -0.3 is 14.5 Å². The predicted molar refractivity (Wildman–Crippen MR) is 84.5 cm³/mol. The van der Waals surface area contributed by atoms with Gasteiger partial charge in [-0.15, -0.1) is 0 Å². The summed E-state index contributed by atoms with van der Waals surface area (Å²) < 4.78 is 5.15. The Bertz CT molecular complexity index is 541. The van der Waals surface area contributed by atoms with Crippen molar-refractivity contribution in [1.29, 1.82) is 0 Å². The van der Waals surface area contributed by atoms with Crippen LogP contribution in [0.1, 0.15) is 31.4 Å². The number of rotatable bonds is 4. The summed E-state index contributed by atoms with van der Waals surface area (Å²) in [6.45, 7) is 2.65. The number of carbonyl (C=O) groups excluding carboxylic acids is 2. The molecule has 1 aliphatic rings. The number of likely N-dealkylation sites (tertiary alicyclic amines) is 1. The zero-order valence-corrected chi connectivity index (χ0v) is 13.7. The number of nitrogens with zero attached hydrogens (tertiary/aromatic N) is 2. The molecule has 1 aliphatic heterocycles. The summed E-state index contributed by atoms with van der Waals surface area (Å²) in [4.78, 5) is 27.8. The van der Waals surface area contributed by atoms with E-state index in [2.05, 4.69) is 0 Å². The Labute approximate surface area is 131 Å². The smallest absolute Gasteiger partial charge is 0.226 e. The minimum absolute atomic E-state index is 0.0341. The van der Waals surface area contributed by atoms with Crippen LogP contribution in [0.2, 0.25) is 0 Å². The topological polar surface area (TPSA) is 49.9 Å². The van der Waals surface area contributed by atoms with E-state index < -0.39 is 0 Å². The molecule has 0 saturated carbocycles. The third-order valence-electron chi connectivity index (χ3n) is 4.54. The Balaban J connectivity index is 2.04. The van der Waals surface area contributed by atoms with E-state index in [-0.39, 0.29) is 23.8 Å². The molecule has 0 bridgehead atoms. The highest BCUT2D eigenvalue weighted by atomic mass is 16.5. The van der Waals surface area contributed by atoms with E-state index in [9.17, 15) is 9.59 Å². The van der Waals surface area contributed by atoms with E-state index in [0.717, 1.165) is 17.7 Å². The van der Waals surface area contributed by atoms with Gasteiger partial charge >= 0.3 is 0 Å². The van der Waals surface area contributed by atoms with Crippen LogP contribution in [0.4, 0.5) is 0 Å². The van der Waals surface area contributed by atoms with Gasteiger partial charge in [-0.3, -0.25) is 9.59 Å². The minimum Gasteiger partial charge on any atom is -0.497 e. The zero-order chi connectivity index (χ0) is 16.3. The van der Waals surface area contributed by atoms with Crippen LogP contribution in [0.5, 0.6) is 5.75 Å². The van der Waals surface area contributed by atoms with Crippen molar-refractivity contribution in [2.45, 2.75) is 25.8 Å². The Morgan fingerprint density at radius 1 is 1.36 bits per heavy atom. The molecule has 5 heteroatoms. The molecule has 22 heavy (non-hydrogen) atoms. The lowest BCUT2D eigenvalue weighted by atomic mass is 9.94. The lowest BCUT2D eigenvalue weighted by Gasteiger charge is -2.33. The molecule has 5 nitrogen and oxygen atoms in total. The first-order valence-corrected chi connectivity index (χ1v) is 7.58. The summed E-state index contributed by atoms with van der Waals surface area (Å²) in [5.41, 5.74) is 1.05. The van der Waals surface area contributed by atoms with Crippen LogP contribution in [-0.4, -0.2) is 49.4 Å². The summed E-state index contributed by atoms with van der Waals surface area (Å²) >= 11 is 0. The van der Waals surface area contributed by atoms with E-state index in [0.29, 0.717) is 13.0 Å². The molecular weight excluding hydrogens is 280 g/mol. The molecule has 1 aromatic rings. The number of ether oxygens (including phenoxy) is 1. The second kappa shape index (κ2) is 6.81. The van der Waals surface area contributed by atoms with Crippen molar-refractivity contribution in [1.82, 2.24) is 9.80 Å². The molecule has 2 amide bonds. The maximum atomic E-state index is 12.6. The third-order valence-corrected chi connectivity index (χ3v) is 4.54. The second-order valence-corrected chi connectivity index (χ2v) is 5.90. The Hall–Kier alpha value is -2.04. The second-order valence-electron chi connectivity index (χ2n) is 5.90. The van der Waals surface area contributed by atoms with Crippen LogP contribution >= 0.6 is 0 Å². The number of hydrogen-bond donors (Lipinski definition) is 0. The monoisotopic (exact) mass is 304 g/mol. The van der Waals surface area contributed by atoms with Crippen molar-refractivity contribution in [2.75, 3.05) is 27.7 Å². The van der Waals surface area contributed by atoms with Crippen molar-refractivity contribution in [3.63, 3.8) is 0 Å². The summed E-state index contributed by atoms with van der Waals surface area (Å²) in [5.74, 6) is 0.695. The molecule has 1 heterocycles. The minimum atomic E-state index is -0.200. The van der Waals surface area contributed by atoms with Crippen molar-refractivity contribution in [3.05, 3.63) is 29.8 Å². The van der Waals surface area contributed by atoms with Crippen LogP contribution in [0, 0.1) is 5.92 Å². The van der Waals surface area contributed by atoms with Crippen LogP contribution in [0.3, 0.4) is 0 Å². The molecule has 2 atom stereocenters. The summed E-state index contributed by atoms with van der Waals surface area (Å²) in [7, 11) is 5.22.